The third-order valence-corrected chi connectivity index (χ3v) is 4.72. The summed E-state index contributed by atoms with van der Waals surface area (Å²) in [6, 6.07) is 13.2. The Morgan fingerprint density at radius 1 is 0.786 bits per heavy atom. The van der Waals surface area contributed by atoms with E-state index in [9.17, 15) is 14.4 Å². The molecule has 0 aliphatic rings. The molecule has 0 amide bonds. The lowest BCUT2D eigenvalue weighted by molar-refractivity contribution is -0.185. The van der Waals surface area contributed by atoms with Gasteiger partial charge in [0.25, 0.3) is 5.41 Å². The highest BCUT2D eigenvalue weighted by molar-refractivity contribution is 6.19. The van der Waals surface area contributed by atoms with E-state index < -0.39 is 29.2 Å². The average molecular weight is 386 g/mol. The molecule has 0 saturated carbocycles. The third kappa shape index (κ3) is 3.86. The molecule has 2 aromatic carbocycles. The van der Waals surface area contributed by atoms with E-state index in [2.05, 4.69) is 0 Å². The lowest BCUT2D eigenvalue weighted by atomic mass is 9.72. The maximum absolute atomic E-state index is 13.0. The molecule has 0 unspecified atom stereocenters. The molecule has 0 aromatic heterocycles. The van der Waals surface area contributed by atoms with Gasteiger partial charge in [-0.15, -0.1) is 0 Å². The Bertz CT molecular complexity index is 811. The summed E-state index contributed by atoms with van der Waals surface area (Å²) in [6.45, 7) is 6.52. The highest BCUT2D eigenvalue weighted by Gasteiger charge is 2.61. The monoisotopic (exact) mass is 386 g/mol. The van der Waals surface area contributed by atoms with E-state index in [0.29, 0.717) is 5.56 Å². The summed E-state index contributed by atoms with van der Waals surface area (Å²) in [7, 11) is 0. The Morgan fingerprint density at radius 3 is 1.71 bits per heavy atom. The fourth-order valence-electron chi connectivity index (χ4n) is 3.24. The zero-order chi connectivity index (χ0) is 20.7. The molecule has 150 valence electrons. The number of hydrogen-bond donors (Lipinski definition) is 0. The summed E-state index contributed by atoms with van der Waals surface area (Å²) in [4.78, 5) is 38.9. The predicted molar refractivity (Wildman–Crippen MR) is 105 cm³/mol. The van der Waals surface area contributed by atoms with E-state index in [0.717, 1.165) is 10.8 Å². The number of carbonyl (C=O) groups is 3. The summed E-state index contributed by atoms with van der Waals surface area (Å²) in [5.41, 5.74) is -1.60. The first-order chi connectivity index (χ1) is 13.4. The molecule has 2 aromatic rings. The van der Waals surface area contributed by atoms with Crippen LogP contribution in [-0.4, -0.2) is 37.7 Å². The first kappa shape index (κ1) is 21.4. The highest BCUT2D eigenvalue weighted by Crippen LogP contribution is 2.41. The van der Waals surface area contributed by atoms with E-state index in [1.165, 1.54) is 0 Å². The van der Waals surface area contributed by atoms with Crippen molar-refractivity contribution in [2.75, 3.05) is 19.8 Å². The number of esters is 3. The van der Waals surface area contributed by atoms with Crippen molar-refractivity contribution in [1.29, 1.82) is 0 Å². The number of ether oxygens (including phenoxy) is 3. The molecule has 0 bridgehead atoms. The van der Waals surface area contributed by atoms with Crippen molar-refractivity contribution in [3.8, 4) is 0 Å². The molecule has 0 aliphatic carbocycles. The maximum Gasteiger partial charge on any atom is 0.335 e. The van der Waals surface area contributed by atoms with Crippen LogP contribution in [0.15, 0.2) is 42.5 Å². The van der Waals surface area contributed by atoms with Gasteiger partial charge in [-0.25, -0.2) is 0 Å². The summed E-state index contributed by atoms with van der Waals surface area (Å²) in [5, 5.41) is 1.93. The van der Waals surface area contributed by atoms with Crippen LogP contribution in [0, 0.1) is 5.41 Å². The van der Waals surface area contributed by atoms with E-state index in [1.807, 2.05) is 36.4 Å². The summed E-state index contributed by atoms with van der Waals surface area (Å²) in [5.74, 6) is -3.75. The zero-order valence-electron chi connectivity index (χ0n) is 16.7. The standard InChI is InChI=1S/C22H26O6/c1-5-26-19(23)22(20(24)27-6-2,21(25)28-7-3)15(4)17-13-12-16-10-8-9-11-18(16)14-17/h8-15H,5-7H2,1-4H3/t15-/m1/s1. The molecule has 28 heavy (non-hydrogen) atoms. The van der Waals surface area contributed by atoms with Crippen molar-refractivity contribution >= 4 is 28.7 Å². The van der Waals surface area contributed by atoms with Crippen LogP contribution >= 0.6 is 0 Å². The van der Waals surface area contributed by atoms with Gasteiger partial charge in [-0.05, 0) is 37.1 Å². The molecule has 1 atom stereocenters. The minimum Gasteiger partial charge on any atom is -0.465 e. The van der Waals surface area contributed by atoms with Crippen LogP contribution in [0.25, 0.3) is 10.8 Å². The fourth-order valence-corrected chi connectivity index (χ4v) is 3.24. The molecular weight excluding hydrogens is 360 g/mol. The molecule has 0 heterocycles. The topological polar surface area (TPSA) is 78.9 Å². The van der Waals surface area contributed by atoms with Gasteiger partial charge in [0, 0.05) is 5.92 Å². The van der Waals surface area contributed by atoms with E-state index >= 15 is 0 Å². The average Bonchev–Trinajstić information content (AvgIpc) is 2.68. The Labute approximate surface area is 164 Å². The van der Waals surface area contributed by atoms with Gasteiger partial charge >= 0.3 is 17.9 Å². The molecule has 6 heteroatoms. The molecule has 0 spiro atoms. The third-order valence-electron chi connectivity index (χ3n) is 4.72. The number of fused-ring (bicyclic) bond motifs is 1. The van der Waals surface area contributed by atoms with Gasteiger partial charge < -0.3 is 14.2 Å². The lowest BCUT2D eigenvalue weighted by Gasteiger charge is -2.32. The minimum atomic E-state index is -2.23. The molecule has 0 saturated heterocycles. The zero-order valence-corrected chi connectivity index (χ0v) is 16.7. The van der Waals surface area contributed by atoms with Gasteiger partial charge in [-0.3, -0.25) is 14.4 Å². The van der Waals surface area contributed by atoms with Crippen molar-refractivity contribution in [3.63, 3.8) is 0 Å². The van der Waals surface area contributed by atoms with Crippen molar-refractivity contribution in [2.45, 2.75) is 33.6 Å². The van der Waals surface area contributed by atoms with Crippen molar-refractivity contribution in [2.24, 2.45) is 5.41 Å². The van der Waals surface area contributed by atoms with Crippen LogP contribution in [0.2, 0.25) is 0 Å². The minimum absolute atomic E-state index is 0.0177. The second-order valence-corrected chi connectivity index (χ2v) is 6.30. The normalized spacial score (nSPS) is 12.3. The van der Waals surface area contributed by atoms with Crippen LogP contribution in [0.1, 0.15) is 39.2 Å². The van der Waals surface area contributed by atoms with Gasteiger partial charge in [-0.2, -0.15) is 0 Å². The van der Waals surface area contributed by atoms with Gasteiger partial charge in [0.2, 0.25) is 0 Å². The molecule has 0 radical (unpaired) electrons. The van der Waals surface area contributed by atoms with Crippen molar-refractivity contribution in [1.82, 2.24) is 0 Å². The second-order valence-electron chi connectivity index (χ2n) is 6.30. The molecule has 0 fully saturated rings. The molecule has 0 aliphatic heterocycles. The number of hydrogen-bond acceptors (Lipinski definition) is 6. The smallest absolute Gasteiger partial charge is 0.335 e. The van der Waals surface area contributed by atoms with Crippen molar-refractivity contribution < 1.29 is 28.6 Å². The SMILES string of the molecule is CCOC(=O)C(C(=O)OCC)(C(=O)OCC)[C@H](C)c1ccc2ccccc2c1. The van der Waals surface area contributed by atoms with Crippen LogP contribution in [0.5, 0.6) is 0 Å². The fraction of sp³-hybridized carbons (Fsp3) is 0.409. The first-order valence-electron chi connectivity index (χ1n) is 9.43. The molecule has 6 nitrogen and oxygen atoms in total. The number of benzene rings is 2. The van der Waals surface area contributed by atoms with Crippen LogP contribution < -0.4 is 0 Å². The molecule has 0 N–H and O–H groups in total. The number of carbonyl (C=O) groups excluding carboxylic acids is 3. The lowest BCUT2D eigenvalue weighted by Crippen LogP contribution is -2.52. The Hall–Kier alpha value is -2.89. The Morgan fingerprint density at radius 2 is 1.25 bits per heavy atom. The summed E-state index contributed by atoms with van der Waals surface area (Å²) in [6.07, 6.45) is 0. The van der Waals surface area contributed by atoms with E-state index in [4.69, 9.17) is 14.2 Å². The largest absolute Gasteiger partial charge is 0.465 e. The summed E-state index contributed by atoms with van der Waals surface area (Å²) >= 11 is 0. The van der Waals surface area contributed by atoms with Gasteiger partial charge in [-0.1, -0.05) is 49.4 Å². The number of rotatable bonds is 8. The van der Waals surface area contributed by atoms with Gasteiger partial charge in [0.1, 0.15) is 0 Å². The van der Waals surface area contributed by atoms with Gasteiger partial charge in [0.05, 0.1) is 19.8 Å². The highest BCUT2D eigenvalue weighted by atomic mass is 16.6. The second kappa shape index (κ2) is 9.35. The van der Waals surface area contributed by atoms with Gasteiger partial charge in [0.15, 0.2) is 0 Å². The predicted octanol–water partition coefficient (Wildman–Crippen LogP) is 3.62. The quantitative estimate of drug-likeness (QED) is 0.392. The maximum atomic E-state index is 13.0. The Kier molecular flexibility index (Phi) is 7.15. The van der Waals surface area contributed by atoms with Crippen LogP contribution in [-0.2, 0) is 28.6 Å². The van der Waals surface area contributed by atoms with E-state index in [-0.39, 0.29) is 19.8 Å². The molecular formula is C22H26O6. The van der Waals surface area contributed by atoms with Crippen LogP contribution in [0.4, 0.5) is 0 Å². The Balaban J connectivity index is 2.66. The van der Waals surface area contributed by atoms with Crippen LogP contribution in [0.3, 0.4) is 0 Å². The summed E-state index contributed by atoms with van der Waals surface area (Å²) < 4.78 is 15.4. The van der Waals surface area contributed by atoms with Crippen molar-refractivity contribution in [3.05, 3.63) is 48.0 Å². The van der Waals surface area contributed by atoms with E-state index in [1.54, 1.807) is 33.8 Å². The first-order valence-corrected chi connectivity index (χ1v) is 9.43. The molecule has 2 rings (SSSR count).